The maximum Gasteiger partial charge on any atom is 0.411 e. The summed E-state index contributed by atoms with van der Waals surface area (Å²) in [5.74, 6) is 0. The fourth-order valence-corrected chi connectivity index (χ4v) is 3.01. The van der Waals surface area contributed by atoms with Gasteiger partial charge in [-0.05, 0) is 31.9 Å². The molecule has 154 valence electrons. The number of rotatable bonds is 9. The molecule has 0 heterocycles. The van der Waals surface area contributed by atoms with E-state index in [4.69, 9.17) is 9.47 Å². The van der Waals surface area contributed by atoms with Gasteiger partial charge in [0, 0.05) is 6.54 Å². The van der Waals surface area contributed by atoms with Gasteiger partial charge >= 0.3 is 6.09 Å². The molecule has 0 saturated heterocycles. The van der Waals surface area contributed by atoms with E-state index < -0.39 is 23.8 Å². The Bertz CT molecular complexity index is 781. The maximum atomic E-state index is 13.0. The molecule has 0 aliphatic carbocycles. The topological polar surface area (TPSA) is 38.8 Å². The van der Waals surface area contributed by atoms with Crippen molar-refractivity contribution in [2.24, 2.45) is 0 Å². The SMILES string of the molecule is C=CCN(C(=O)OC(C)(C)C)[C@@H](c1ccccc1)[C@H](C=C)OCc1ccccc1. The molecule has 2 atom stereocenters. The highest BCUT2D eigenvalue weighted by Gasteiger charge is 2.33. The summed E-state index contributed by atoms with van der Waals surface area (Å²) in [5, 5.41) is 0. The molecule has 0 aromatic heterocycles. The molecule has 4 heteroatoms. The van der Waals surface area contributed by atoms with E-state index >= 15 is 0 Å². The van der Waals surface area contributed by atoms with Crippen LogP contribution in [-0.4, -0.2) is 29.2 Å². The first-order valence-electron chi connectivity index (χ1n) is 9.79. The molecule has 0 aliphatic rings. The molecule has 29 heavy (non-hydrogen) atoms. The van der Waals surface area contributed by atoms with Crippen LogP contribution in [0.5, 0.6) is 0 Å². The van der Waals surface area contributed by atoms with Crippen molar-refractivity contribution in [3.63, 3.8) is 0 Å². The highest BCUT2D eigenvalue weighted by atomic mass is 16.6. The van der Waals surface area contributed by atoms with Crippen LogP contribution in [0.25, 0.3) is 0 Å². The Hall–Kier alpha value is -2.85. The maximum absolute atomic E-state index is 13.0. The van der Waals surface area contributed by atoms with Crippen molar-refractivity contribution in [3.8, 4) is 0 Å². The summed E-state index contributed by atoms with van der Waals surface area (Å²) >= 11 is 0. The lowest BCUT2D eigenvalue weighted by atomic mass is 9.99. The summed E-state index contributed by atoms with van der Waals surface area (Å²) in [6.07, 6.45) is 2.59. The average molecular weight is 394 g/mol. The molecule has 0 N–H and O–H groups in total. The Morgan fingerprint density at radius 3 is 2.14 bits per heavy atom. The van der Waals surface area contributed by atoms with Crippen molar-refractivity contribution in [2.45, 2.75) is 45.1 Å². The van der Waals surface area contributed by atoms with Crippen molar-refractivity contribution < 1.29 is 14.3 Å². The number of benzene rings is 2. The molecule has 0 saturated carbocycles. The summed E-state index contributed by atoms with van der Waals surface area (Å²) in [7, 11) is 0. The zero-order valence-corrected chi connectivity index (χ0v) is 17.6. The largest absolute Gasteiger partial charge is 0.444 e. The Balaban J connectivity index is 2.35. The summed E-state index contributed by atoms with van der Waals surface area (Å²) in [6.45, 7) is 14.1. The third kappa shape index (κ3) is 6.91. The summed E-state index contributed by atoms with van der Waals surface area (Å²) in [6, 6.07) is 19.3. The zero-order valence-electron chi connectivity index (χ0n) is 17.6. The standard InChI is InChI=1S/C25H31NO3/c1-6-18-26(24(27)29-25(3,4)5)23(21-16-12-9-13-17-21)22(7-2)28-19-20-14-10-8-11-15-20/h6-17,22-23H,1-2,18-19H2,3-5H3/t22-,23-/m0/s1. The minimum Gasteiger partial charge on any atom is -0.444 e. The molecule has 0 unspecified atom stereocenters. The van der Waals surface area contributed by atoms with Gasteiger partial charge in [-0.25, -0.2) is 4.79 Å². The Kier molecular flexibility index (Phi) is 8.22. The second kappa shape index (κ2) is 10.6. The third-order valence-corrected chi connectivity index (χ3v) is 4.26. The molecule has 4 nitrogen and oxygen atoms in total. The van der Waals surface area contributed by atoms with Gasteiger partial charge in [-0.3, -0.25) is 4.90 Å². The quantitative estimate of drug-likeness (QED) is 0.496. The van der Waals surface area contributed by atoms with Crippen LogP contribution in [0.2, 0.25) is 0 Å². The predicted molar refractivity (Wildman–Crippen MR) is 118 cm³/mol. The summed E-state index contributed by atoms with van der Waals surface area (Å²) in [5.41, 5.74) is 1.39. The van der Waals surface area contributed by atoms with Gasteiger partial charge in [-0.1, -0.05) is 72.8 Å². The van der Waals surface area contributed by atoms with Crippen LogP contribution >= 0.6 is 0 Å². The Morgan fingerprint density at radius 1 is 1.03 bits per heavy atom. The van der Waals surface area contributed by atoms with Crippen LogP contribution < -0.4 is 0 Å². The van der Waals surface area contributed by atoms with Crippen LogP contribution in [0.3, 0.4) is 0 Å². The summed E-state index contributed by atoms with van der Waals surface area (Å²) < 4.78 is 11.9. The molecule has 2 aromatic carbocycles. The van der Waals surface area contributed by atoms with E-state index in [1.807, 2.05) is 81.4 Å². The number of hydrogen-bond donors (Lipinski definition) is 0. The lowest BCUT2D eigenvalue weighted by Gasteiger charge is -2.36. The number of hydrogen-bond acceptors (Lipinski definition) is 3. The smallest absolute Gasteiger partial charge is 0.411 e. The zero-order chi connectivity index (χ0) is 21.3. The number of nitrogens with zero attached hydrogens (tertiary/aromatic N) is 1. The van der Waals surface area contributed by atoms with E-state index in [1.54, 1.807) is 17.1 Å². The molecule has 2 aromatic rings. The van der Waals surface area contributed by atoms with Crippen LogP contribution in [-0.2, 0) is 16.1 Å². The molecular weight excluding hydrogens is 362 g/mol. The van der Waals surface area contributed by atoms with Crippen LogP contribution in [0, 0.1) is 0 Å². The van der Waals surface area contributed by atoms with Gasteiger partial charge in [-0.15, -0.1) is 13.2 Å². The number of carbonyl (C=O) groups excluding carboxylic acids is 1. The molecule has 1 amide bonds. The van der Waals surface area contributed by atoms with Gasteiger partial charge in [0.1, 0.15) is 11.7 Å². The van der Waals surface area contributed by atoms with Crippen molar-refractivity contribution in [1.29, 1.82) is 0 Å². The average Bonchev–Trinajstić information content (AvgIpc) is 2.70. The van der Waals surface area contributed by atoms with E-state index in [2.05, 4.69) is 13.2 Å². The van der Waals surface area contributed by atoms with Gasteiger partial charge in [0.15, 0.2) is 0 Å². The minimum absolute atomic E-state index is 0.327. The normalized spacial score (nSPS) is 13.2. The first-order valence-corrected chi connectivity index (χ1v) is 9.79. The van der Waals surface area contributed by atoms with E-state index in [0.29, 0.717) is 13.2 Å². The first-order chi connectivity index (χ1) is 13.9. The molecule has 2 rings (SSSR count). The van der Waals surface area contributed by atoms with Crippen LogP contribution in [0.4, 0.5) is 4.79 Å². The minimum atomic E-state index is -0.605. The van der Waals surface area contributed by atoms with Crippen molar-refractivity contribution in [1.82, 2.24) is 4.90 Å². The van der Waals surface area contributed by atoms with Crippen molar-refractivity contribution >= 4 is 6.09 Å². The van der Waals surface area contributed by atoms with Gasteiger partial charge < -0.3 is 9.47 Å². The van der Waals surface area contributed by atoms with Crippen LogP contribution in [0.1, 0.15) is 37.9 Å². The second-order valence-corrected chi connectivity index (χ2v) is 7.77. The molecular formula is C25H31NO3. The monoisotopic (exact) mass is 393 g/mol. The highest BCUT2D eigenvalue weighted by Crippen LogP contribution is 2.29. The lowest BCUT2D eigenvalue weighted by molar-refractivity contribution is -0.0183. The van der Waals surface area contributed by atoms with Crippen LogP contribution in [0.15, 0.2) is 86.0 Å². The van der Waals surface area contributed by atoms with Gasteiger partial charge in [0.25, 0.3) is 0 Å². The summed E-state index contributed by atoms with van der Waals surface area (Å²) in [4.78, 5) is 14.7. The number of amides is 1. The van der Waals surface area contributed by atoms with Gasteiger partial charge in [0.05, 0.1) is 12.6 Å². The van der Waals surface area contributed by atoms with E-state index in [1.165, 1.54) is 0 Å². The fraction of sp³-hybridized carbons (Fsp3) is 0.320. The Morgan fingerprint density at radius 2 is 1.62 bits per heavy atom. The number of ether oxygens (including phenoxy) is 2. The van der Waals surface area contributed by atoms with Crippen molar-refractivity contribution in [2.75, 3.05) is 6.54 Å². The Labute approximate surface area is 174 Å². The second-order valence-electron chi connectivity index (χ2n) is 7.77. The van der Waals surface area contributed by atoms with Crippen molar-refractivity contribution in [3.05, 3.63) is 97.1 Å². The highest BCUT2D eigenvalue weighted by molar-refractivity contribution is 5.69. The molecule has 0 radical (unpaired) electrons. The molecule has 0 spiro atoms. The lowest BCUT2D eigenvalue weighted by Crippen LogP contribution is -2.43. The van der Waals surface area contributed by atoms with Gasteiger partial charge in [-0.2, -0.15) is 0 Å². The van der Waals surface area contributed by atoms with E-state index in [0.717, 1.165) is 11.1 Å². The van der Waals surface area contributed by atoms with Gasteiger partial charge in [0.2, 0.25) is 0 Å². The van der Waals surface area contributed by atoms with E-state index in [9.17, 15) is 4.79 Å². The molecule has 0 aliphatic heterocycles. The molecule has 0 bridgehead atoms. The first kappa shape index (κ1) is 22.4. The predicted octanol–water partition coefficient (Wildman–Crippen LogP) is 5.92. The third-order valence-electron chi connectivity index (χ3n) is 4.26. The molecule has 0 fully saturated rings. The fourth-order valence-electron chi connectivity index (χ4n) is 3.01. The van der Waals surface area contributed by atoms with E-state index in [-0.39, 0.29) is 0 Å². The number of carbonyl (C=O) groups is 1.